The van der Waals surface area contributed by atoms with Crippen molar-refractivity contribution in [3.63, 3.8) is 0 Å². The van der Waals surface area contributed by atoms with Crippen LogP contribution in [0.15, 0.2) is 18.2 Å². The number of piperazine rings is 1. The molecule has 1 aromatic rings. The Morgan fingerprint density at radius 3 is 2.35 bits per heavy atom. The predicted molar refractivity (Wildman–Crippen MR) is 74.8 cm³/mol. The van der Waals surface area contributed by atoms with Gasteiger partial charge in [0.1, 0.15) is 0 Å². The lowest BCUT2D eigenvalue weighted by Crippen LogP contribution is -2.55. The first kappa shape index (κ1) is 12.5. The molecule has 2 rings (SSSR count). The zero-order chi connectivity index (χ0) is 12.6. The molecule has 1 aliphatic heterocycles. The molecule has 0 bridgehead atoms. The Kier molecular flexibility index (Phi) is 3.50. The van der Waals surface area contributed by atoms with E-state index in [0.29, 0.717) is 17.8 Å². The highest BCUT2D eigenvalue weighted by molar-refractivity contribution is 6.33. The SMILES string of the molecule is CC1CN(c2ccc(N)cc2Cl)CC(C)N1C. The summed E-state index contributed by atoms with van der Waals surface area (Å²) in [6, 6.07) is 6.82. The number of halogens is 1. The van der Waals surface area contributed by atoms with Gasteiger partial charge in [-0.25, -0.2) is 0 Å². The minimum atomic E-state index is 0.535. The third kappa shape index (κ3) is 2.50. The van der Waals surface area contributed by atoms with Crippen LogP contribution in [-0.4, -0.2) is 37.1 Å². The van der Waals surface area contributed by atoms with Gasteiger partial charge in [-0.1, -0.05) is 11.6 Å². The molecule has 94 valence electrons. The number of rotatable bonds is 1. The van der Waals surface area contributed by atoms with Crippen LogP contribution in [0.2, 0.25) is 5.02 Å². The van der Waals surface area contributed by atoms with Gasteiger partial charge >= 0.3 is 0 Å². The van der Waals surface area contributed by atoms with E-state index >= 15 is 0 Å². The van der Waals surface area contributed by atoms with E-state index < -0.39 is 0 Å². The Morgan fingerprint density at radius 2 is 1.82 bits per heavy atom. The van der Waals surface area contributed by atoms with Crippen molar-refractivity contribution in [1.29, 1.82) is 0 Å². The van der Waals surface area contributed by atoms with Crippen LogP contribution in [0.4, 0.5) is 11.4 Å². The molecule has 1 aliphatic rings. The van der Waals surface area contributed by atoms with Gasteiger partial charge in [0.25, 0.3) is 0 Å². The highest BCUT2D eigenvalue weighted by Crippen LogP contribution is 2.30. The zero-order valence-electron chi connectivity index (χ0n) is 10.7. The van der Waals surface area contributed by atoms with Crippen LogP contribution >= 0.6 is 11.6 Å². The third-order valence-corrected chi connectivity index (χ3v) is 3.97. The van der Waals surface area contributed by atoms with Gasteiger partial charge in [-0.3, -0.25) is 4.90 Å². The number of likely N-dealkylation sites (N-methyl/N-ethyl adjacent to an activating group) is 1. The molecule has 3 nitrogen and oxygen atoms in total. The normalized spacial score (nSPS) is 26.2. The van der Waals surface area contributed by atoms with Gasteiger partial charge in [-0.2, -0.15) is 0 Å². The molecule has 1 fully saturated rings. The highest BCUT2D eigenvalue weighted by Gasteiger charge is 2.27. The van der Waals surface area contributed by atoms with Crippen molar-refractivity contribution in [3.05, 3.63) is 23.2 Å². The van der Waals surface area contributed by atoms with Crippen LogP contribution in [0.5, 0.6) is 0 Å². The first-order valence-electron chi connectivity index (χ1n) is 6.01. The molecule has 0 saturated carbocycles. The van der Waals surface area contributed by atoms with Gasteiger partial charge in [-0.05, 0) is 39.1 Å². The second-order valence-corrected chi connectivity index (χ2v) is 5.39. The molecular weight excluding hydrogens is 234 g/mol. The van der Waals surface area contributed by atoms with E-state index in [4.69, 9.17) is 17.3 Å². The highest BCUT2D eigenvalue weighted by atomic mass is 35.5. The summed E-state index contributed by atoms with van der Waals surface area (Å²) in [5, 5.41) is 0.744. The van der Waals surface area contributed by atoms with Crippen molar-refractivity contribution < 1.29 is 0 Å². The fraction of sp³-hybridized carbons (Fsp3) is 0.538. The number of nitrogens with two attached hydrogens (primary N) is 1. The summed E-state index contributed by atoms with van der Waals surface area (Å²) in [6.07, 6.45) is 0. The quantitative estimate of drug-likeness (QED) is 0.781. The number of nitrogens with zero attached hydrogens (tertiary/aromatic N) is 2. The van der Waals surface area contributed by atoms with Crippen LogP contribution in [0.1, 0.15) is 13.8 Å². The molecule has 0 spiro atoms. The van der Waals surface area contributed by atoms with Gasteiger partial charge in [0.05, 0.1) is 10.7 Å². The summed E-state index contributed by atoms with van der Waals surface area (Å²) < 4.78 is 0. The Bertz CT molecular complexity index is 396. The maximum atomic E-state index is 6.26. The van der Waals surface area contributed by atoms with Crippen molar-refractivity contribution in [3.8, 4) is 0 Å². The van der Waals surface area contributed by atoms with Gasteiger partial charge in [0.2, 0.25) is 0 Å². The Morgan fingerprint density at radius 1 is 1.24 bits per heavy atom. The molecule has 0 aromatic heterocycles. The molecule has 0 amide bonds. The second-order valence-electron chi connectivity index (χ2n) is 4.98. The van der Waals surface area contributed by atoms with Gasteiger partial charge < -0.3 is 10.6 Å². The number of hydrogen-bond donors (Lipinski definition) is 1. The Hall–Kier alpha value is -0.930. The average Bonchev–Trinajstić information content (AvgIpc) is 2.25. The largest absolute Gasteiger partial charge is 0.399 e. The minimum Gasteiger partial charge on any atom is -0.399 e. The van der Waals surface area contributed by atoms with E-state index in [1.165, 1.54) is 0 Å². The Labute approximate surface area is 108 Å². The molecule has 2 atom stereocenters. The molecule has 17 heavy (non-hydrogen) atoms. The van der Waals surface area contributed by atoms with Gasteiger partial charge in [-0.15, -0.1) is 0 Å². The summed E-state index contributed by atoms with van der Waals surface area (Å²) in [4.78, 5) is 4.75. The lowest BCUT2D eigenvalue weighted by atomic mass is 10.1. The minimum absolute atomic E-state index is 0.535. The molecule has 2 unspecified atom stereocenters. The van der Waals surface area contributed by atoms with Crippen LogP contribution in [0.3, 0.4) is 0 Å². The standard InChI is InChI=1S/C13H20ClN3/c1-9-7-17(8-10(2)16(9)3)13-5-4-11(15)6-12(13)14/h4-6,9-10H,7-8,15H2,1-3H3. The summed E-state index contributed by atoms with van der Waals surface area (Å²) in [5.41, 5.74) is 7.53. The first-order chi connectivity index (χ1) is 7.99. The van der Waals surface area contributed by atoms with Crippen molar-refractivity contribution >= 4 is 23.0 Å². The molecule has 1 heterocycles. The molecule has 1 aromatic carbocycles. The lowest BCUT2D eigenvalue weighted by molar-refractivity contribution is 0.170. The maximum Gasteiger partial charge on any atom is 0.0660 e. The molecule has 0 aliphatic carbocycles. The molecule has 0 radical (unpaired) electrons. The van der Waals surface area contributed by atoms with Crippen molar-refractivity contribution in [2.24, 2.45) is 0 Å². The number of nitrogen functional groups attached to an aromatic ring is 1. The topological polar surface area (TPSA) is 32.5 Å². The molecule has 1 saturated heterocycles. The third-order valence-electron chi connectivity index (χ3n) is 3.67. The number of anilines is 2. The molecular formula is C13H20ClN3. The molecule has 2 N–H and O–H groups in total. The van der Waals surface area contributed by atoms with Gasteiger partial charge in [0, 0.05) is 30.9 Å². The van der Waals surface area contributed by atoms with Crippen LogP contribution in [0, 0.1) is 0 Å². The van der Waals surface area contributed by atoms with Gasteiger partial charge in [0.15, 0.2) is 0 Å². The molecule has 4 heteroatoms. The van der Waals surface area contributed by atoms with Crippen molar-refractivity contribution in [2.75, 3.05) is 30.8 Å². The van der Waals surface area contributed by atoms with E-state index in [0.717, 1.165) is 23.8 Å². The van der Waals surface area contributed by atoms with Crippen molar-refractivity contribution in [1.82, 2.24) is 4.90 Å². The number of benzene rings is 1. The number of hydrogen-bond acceptors (Lipinski definition) is 3. The van der Waals surface area contributed by atoms with E-state index in [9.17, 15) is 0 Å². The van der Waals surface area contributed by atoms with Crippen LogP contribution in [-0.2, 0) is 0 Å². The first-order valence-corrected chi connectivity index (χ1v) is 6.38. The lowest BCUT2D eigenvalue weighted by Gasteiger charge is -2.43. The Balaban J connectivity index is 2.23. The zero-order valence-corrected chi connectivity index (χ0v) is 11.4. The second kappa shape index (κ2) is 4.75. The van der Waals surface area contributed by atoms with E-state index in [1.807, 2.05) is 18.2 Å². The fourth-order valence-electron chi connectivity index (χ4n) is 2.38. The van der Waals surface area contributed by atoms with E-state index in [1.54, 1.807) is 0 Å². The average molecular weight is 254 g/mol. The smallest absolute Gasteiger partial charge is 0.0660 e. The maximum absolute atomic E-state index is 6.26. The summed E-state index contributed by atoms with van der Waals surface area (Å²) >= 11 is 6.26. The van der Waals surface area contributed by atoms with Crippen molar-refractivity contribution in [2.45, 2.75) is 25.9 Å². The predicted octanol–water partition coefficient (Wildman–Crippen LogP) is 2.45. The van der Waals surface area contributed by atoms with E-state index in [-0.39, 0.29) is 0 Å². The fourth-order valence-corrected chi connectivity index (χ4v) is 2.69. The summed E-state index contributed by atoms with van der Waals surface area (Å²) in [7, 11) is 2.18. The summed E-state index contributed by atoms with van der Waals surface area (Å²) in [6.45, 7) is 6.50. The van der Waals surface area contributed by atoms with Crippen LogP contribution in [0.25, 0.3) is 0 Å². The monoisotopic (exact) mass is 253 g/mol. The summed E-state index contributed by atoms with van der Waals surface area (Å²) in [5.74, 6) is 0. The van der Waals surface area contributed by atoms with Crippen LogP contribution < -0.4 is 10.6 Å². The van der Waals surface area contributed by atoms with E-state index in [2.05, 4.69) is 30.7 Å².